The standard InChI is InChI=1S/C21H25NO2/c1-19(2)11-15-14-10-17-13(7-8-21(5,6)24-17)9-16(14)22(23)18(15)20(3,4)12-19/h7-11H,12H2,1-6H3. The van der Waals surface area contributed by atoms with Gasteiger partial charge in [-0.25, -0.2) is 0 Å². The van der Waals surface area contributed by atoms with E-state index in [1.165, 1.54) is 0 Å². The fourth-order valence-corrected chi connectivity index (χ4v) is 4.60. The summed E-state index contributed by atoms with van der Waals surface area (Å²) < 4.78 is 7.26. The Bertz CT molecular complexity index is 851. The highest BCUT2D eigenvalue weighted by Gasteiger charge is 2.48. The van der Waals surface area contributed by atoms with Crippen LogP contribution in [-0.2, 0) is 0 Å². The Morgan fingerprint density at radius 3 is 2.50 bits per heavy atom. The van der Waals surface area contributed by atoms with Crippen LogP contribution in [0.3, 0.4) is 0 Å². The van der Waals surface area contributed by atoms with Gasteiger partial charge in [0, 0.05) is 11.6 Å². The summed E-state index contributed by atoms with van der Waals surface area (Å²) in [4.78, 5) is 0. The van der Waals surface area contributed by atoms with Gasteiger partial charge in [0.15, 0.2) is 0 Å². The summed E-state index contributed by atoms with van der Waals surface area (Å²) in [6.07, 6.45) is 7.33. The van der Waals surface area contributed by atoms with Crippen LogP contribution in [0.1, 0.15) is 59.1 Å². The summed E-state index contributed by atoms with van der Waals surface area (Å²) >= 11 is 0. The summed E-state index contributed by atoms with van der Waals surface area (Å²) in [7, 11) is 0. The highest BCUT2D eigenvalue weighted by atomic mass is 16.5. The number of nitrogens with zero attached hydrogens (tertiary/aromatic N) is 1. The maximum atomic E-state index is 13.0. The smallest absolute Gasteiger partial charge is 0.225 e. The van der Waals surface area contributed by atoms with Gasteiger partial charge in [0.05, 0.1) is 16.6 Å². The predicted molar refractivity (Wildman–Crippen MR) is 98.6 cm³/mol. The molecule has 0 saturated carbocycles. The molecule has 0 unspecified atom stereocenters. The molecule has 0 radical (unpaired) electrons. The maximum Gasteiger partial charge on any atom is 0.225 e. The number of allylic oxidation sites excluding steroid dienone is 2. The first-order chi connectivity index (χ1) is 11.0. The van der Waals surface area contributed by atoms with Crippen LogP contribution in [0.5, 0.6) is 5.75 Å². The minimum absolute atomic E-state index is 0.0702. The van der Waals surface area contributed by atoms with Crippen molar-refractivity contribution in [3.63, 3.8) is 0 Å². The van der Waals surface area contributed by atoms with E-state index in [1.807, 2.05) is 26.0 Å². The third-order valence-corrected chi connectivity index (χ3v) is 5.21. The second kappa shape index (κ2) is 4.33. The lowest BCUT2D eigenvalue weighted by Crippen LogP contribution is -2.36. The third-order valence-electron chi connectivity index (χ3n) is 5.21. The first kappa shape index (κ1) is 15.5. The van der Waals surface area contributed by atoms with Crippen molar-refractivity contribution in [2.75, 3.05) is 0 Å². The van der Waals surface area contributed by atoms with E-state index in [9.17, 15) is 5.21 Å². The van der Waals surface area contributed by atoms with Crippen LogP contribution in [0.2, 0.25) is 0 Å². The summed E-state index contributed by atoms with van der Waals surface area (Å²) in [5, 5.41) is 13.0. The first-order valence-corrected chi connectivity index (χ1v) is 8.64. The van der Waals surface area contributed by atoms with E-state index in [2.05, 4.69) is 45.9 Å². The number of rotatable bonds is 0. The van der Waals surface area contributed by atoms with E-state index in [-0.39, 0.29) is 16.4 Å². The van der Waals surface area contributed by atoms with Crippen molar-refractivity contribution >= 4 is 23.0 Å². The minimum Gasteiger partial charge on any atom is -0.618 e. The molecule has 2 heterocycles. The van der Waals surface area contributed by atoms with E-state index in [0.717, 1.165) is 45.0 Å². The van der Waals surface area contributed by atoms with Gasteiger partial charge in [-0.1, -0.05) is 26.0 Å². The van der Waals surface area contributed by atoms with E-state index < -0.39 is 0 Å². The van der Waals surface area contributed by atoms with Crippen molar-refractivity contribution in [1.29, 1.82) is 0 Å². The van der Waals surface area contributed by atoms with Gasteiger partial charge in [0.25, 0.3) is 0 Å². The first-order valence-electron chi connectivity index (χ1n) is 8.64. The Kier molecular flexibility index (Phi) is 2.79. The molecule has 3 aliphatic rings. The fourth-order valence-electron chi connectivity index (χ4n) is 4.60. The Labute approximate surface area is 143 Å². The molecule has 0 amide bonds. The van der Waals surface area contributed by atoms with Crippen LogP contribution < -0.4 is 4.74 Å². The zero-order valence-corrected chi connectivity index (χ0v) is 15.4. The van der Waals surface area contributed by atoms with Crippen LogP contribution in [0.25, 0.3) is 11.6 Å². The average molecular weight is 323 g/mol. The number of fused-ring (bicyclic) bond motifs is 4. The zero-order valence-electron chi connectivity index (χ0n) is 15.4. The molecule has 0 atom stereocenters. The van der Waals surface area contributed by atoms with Crippen LogP contribution >= 0.6 is 0 Å². The molecular weight excluding hydrogens is 298 g/mol. The molecule has 0 bridgehead atoms. The quantitative estimate of drug-likeness (QED) is 0.479. The maximum absolute atomic E-state index is 13.0. The number of hydrogen-bond acceptors (Lipinski definition) is 2. The van der Waals surface area contributed by atoms with Crippen molar-refractivity contribution in [2.45, 2.75) is 53.6 Å². The second-order valence-electron chi connectivity index (χ2n) is 9.20. The minimum atomic E-state index is -0.316. The largest absolute Gasteiger partial charge is 0.618 e. The molecule has 1 aliphatic carbocycles. The Hall–Kier alpha value is -2.03. The summed E-state index contributed by atoms with van der Waals surface area (Å²) in [5.74, 6) is 0.859. The van der Waals surface area contributed by atoms with Gasteiger partial charge < -0.3 is 9.94 Å². The van der Waals surface area contributed by atoms with Gasteiger partial charge in [0.1, 0.15) is 11.4 Å². The highest BCUT2D eigenvalue weighted by molar-refractivity contribution is 6.28. The van der Waals surface area contributed by atoms with Crippen molar-refractivity contribution in [2.24, 2.45) is 10.8 Å². The summed E-state index contributed by atoms with van der Waals surface area (Å²) in [5.41, 5.74) is 4.31. The number of benzene rings is 1. The van der Waals surface area contributed by atoms with E-state index in [1.54, 1.807) is 0 Å². The Morgan fingerprint density at radius 1 is 1.08 bits per heavy atom. The molecule has 1 aromatic carbocycles. The lowest BCUT2D eigenvalue weighted by atomic mass is 9.65. The lowest BCUT2D eigenvalue weighted by Gasteiger charge is -2.36. The molecule has 24 heavy (non-hydrogen) atoms. The van der Waals surface area contributed by atoms with Crippen LogP contribution in [0, 0.1) is 16.0 Å². The van der Waals surface area contributed by atoms with Crippen molar-refractivity contribution in [1.82, 2.24) is 0 Å². The molecule has 2 aliphatic heterocycles. The SMILES string of the molecule is CC1(C)C=C2C(=[N+]([O-])c3cc4c(cc32)OC(C)(C)C=C4)C(C)(C)C1. The van der Waals surface area contributed by atoms with Gasteiger partial charge in [-0.05, 0) is 51.7 Å². The van der Waals surface area contributed by atoms with Gasteiger partial charge in [0.2, 0.25) is 11.4 Å². The molecule has 0 spiro atoms. The number of hydrogen-bond donors (Lipinski definition) is 0. The van der Waals surface area contributed by atoms with Crippen molar-refractivity contribution < 1.29 is 9.48 Å². The molecule has 0 N–H and O–H groups in total. The average Bonchev–Trinajstić information content (AvgIpc) is 2.66. The molecule has 4 rings (SSSR count). The van der Waals surface area contributed by atoms with Gasteiger partial charge in [-0.2, -0.15) is 4.74 Å². The van der Waals surface area contributed by atoms with E-state index >= 15 is 0 Å². The van der Waals surface area contributed by atoms with E-state index in [0.29, 0.717) is 0 Å². The van der Waals surface area contributed by atoms with Gasteiger partial charge >= 0.3 is 0 Å². The van der Waals surface area contributed by atoms with Crippen molar-refractivity contribution in [3.8, 4) is 5.75 Å². The molecule has 0 saturated heterocycles. The molecular formula is C21H25NO2. The molecule has 0 fully saturated rings. The third kappa shape index (κ3) is 2.14. The monoisotopic (exact) mass is 323 g/mol. The zero-order chi connectivity index (χ0) is 17.5. The molecule has 126 valence electrons. The normalized spacial score (nSPS) is 24.7. The molecule has 1 aromatic rings. The van der Waals surface area contributed by atoms with Crippen LogP contribution in [-0.4, -0.2) is 16.1 Å². The Morgan fingerprint density at radius 2 is 1.79 bits per heavy atom. The van der Waals surface area contributed by atoms with E-state index in [4.69, 9.17) is 4.74 Å². The molecule has 3 nitrogen and oxygen atoms in total. The molecule has 3 heteroatoms. The molecule has 0 aromatic heterocycles. The van der Waals surface area contributed by atoms with Crippen molar-refractivity contribution in [3.05, 3.63) is 40.6 Å². The summed E-state index contributed by atoms with van der Waals surface area (Å²) in [6, 6.07) is 4.02. The van der Waals surface area contributed by atoms with Gasteiger partial charge in [-0.15, -0.1) is 0 Å². The second-order valence-corrected chi connectivity index (χ2v) is 9.20. The number of ether oxygens (including phenoxy) is 1. The van der Waals surface area contributed by atoms with Crippen LogP contribution in [0.4, 0.5) is 5.69 Å². The predicted octanol–water partition coefficient (Wildman–Crippen LogP) is 5.31. The topological polar surface area (TPSA) is 35.3 Å². The highest BCUT2D eigenvalue weighted by Crippen LogP contribution is 2.52. The summed E-state index contributed by atoms with van der Waals surface area (Å²) in [6.45, 7) is 12.9. The Balaban J connectivity index is 1.96. The van der Waals surface area contributed by atoms with Gasteiger partial charge in [-0.3, -0.25) is 0 Å². The lowest BCUT2D eigenvalue weighted by molar-refractivity contribution is -0.361. The fraction of sp³-hybridized carbons (Fsp3) is 0.476. The van der Waals surface area contributed by atoms with Crippen LogP contribution in [0.15, 0.2) is 24.3 Å².